The van der Waals surface area contributed by atoms with Crippen LogP contribution in [0, 0.1) is 5.92 Å². The third-order valence-electron chi connectivity index (χ3n) is 8.24. The number of carbonyl (C=O) groups excluding carboxylic acids is 4. The Hall–Kier alpha value is -4.82. The van der Waals surface area contributed by atoms with Gasteiger partial charge in [0, 0.05) is 47.4 Å². The summed E-state index contributed by atoms with van der Waals surface area (Å²) in [6.45, 7) is 1.43. The second-order valence-corrected chi connectivity index (χ2v) is 12.0. The summed E-state index contributed by atoms with van der Waals surface area (Å²) in [5.74, 6) is -0.214. The van der Waals surface area contributed by atoms with Crippen LogP contribution in [0.1, 0.15) is 63.2 Å². The summed E-state index contributed by atoms with van der Waals surface area (Å²) in [5.41, 5.74) is 3.48. The van der Waals surface area contributed by atoms with E-state index in [2.05, 4.69) is 0 Å². The van der Waals surface area contributed by atoms with E-state index in [1.54, 1.807) is 42.5 Å². The van der Waals surface area contributed by atoms with Crippen molar-refractivity contribution < 1.29 is 28.7 Å². The predicted octanol–water partition coefficient (Wildman–Crippen LogP) is 6.28. The Morgan fingerprint density at radius 2 is 1.48 bits per heavy atom. The Bertz CT molecular complexity index is 1850. The molecular formula is C37H34ClNO7. The molecule has 0 saturated heterocycles. The van der Waals surface area contributed by atoms with Gasteiger partial charge < -0.3 is 14.0 Å². The topological polar surface area (TPSA) is 109 Å². The second-order valence-electron chi connectivity index (χ2n) is 11.5. The van der Waals surface area contributed by atoms with Gasteiger partial charge in [0.25, 0.3) is 5.56 Å². The standard InChI is InChI=1S/C37H34ClNO7/c1-22(40)29-15-14-28(38)19-30(29)31-20-36(43)39(21-35(31)45-2)32(34(42)18-25-8-10-27(11-9-25)37(44)46-3)16-23-4-6-24(7-5-23)17-33(41)26-12-13-26/h4-11,14-15,19-21,26,32H,12-13,16-18H2,1-3H3. The largest absolute Gasteiger partial charge is 0.495 e. The van der Waals surface area contributed by atoms with Crippen molar-refractivity contribution in [3.05, 3.63) is 122 Å². The van der Waals surface area contributed by atoms with Gasteiger partial charge >= 0.3 is 5.97 Å². The second kappa shape index (κ2) is 14.1. The Labute approximate surface area is 271 Å². The number of ketones is 3. The SMILES string of the molecule is COC(=O)c1ccc(CC(=O)C(Cc2ccc(CC(=O)C3CC3)cc2)n2cc(OC)c(-c3cc(Cl)ccc3C(C)=O)cc2=O)cc1. The minimum Gasteiger partial charge on any atom is -0.495 e. The van der Waals surface area contributed by atoms with E-state index >= 15 is 0 Å². The normalized spacial score (nSPS) is 13.1. The van der Waals surface area contributed by atoms with E-state index in [4.69, 9.17) is 21.1 Å². The van der Waals surface area contributed by atoms with E-state index < -0.39 is 17.6 Å². The van der Waals surface area contributed by atoms with Crippen LogP contribution >= 0.6 is 11.6 Å². The quantitative estimate of drug-likeness (QED) is 0.125. The maximum absolute atomic E-state index is 14.0. The number of esters is 1. The highest BCUT2D eigenvalue weighted by molar-refractivity contribution is 6.31. The van der Waals surface area contributed by atoms with Gasteiger partial charge in [-0.25, -0.2) is 4.79 Å². The van der Waals surface area contributed by atoms with E-state index in [0.717, 1.165) is 24.0 Å². The van der Waals surface area contributed by atoms with Crippen LogP contribution in [0.15, 0.2) is 83.8 Å². The summed E-state index contributed by atoms with van der Waals surface area (Å²) in [5, 5.41) is 0.389. The highest BCUT2D eigenvalue weighted by Gasteiger charge is 2.29. The lowest BCUT2D eigenvalue weighted by molar-refractivity contribution is -0.121. The minimum atomic E-state index is -0.915. The smallest absolute Gasteiger partial charge is 0.337 e. The van der Waals surface area contributed by atoms with E-state index in [1.165, 1.54) is 38.0 Å². The van der Waals surface area contributed by atoms with Crippen molar-refractivity contribution in [1.29, 1.82) is 0 Å². The van der Waals surface area contributed by atoms with Crippen molar-refractivity contribution in [2.24, 2.45) is 5.92 Å². The predicted molar refractivity (Wildman–Crippen MR) is 175 cm³/mol. The fraction of sp³-hybridized carbons (Fsp3) is 0.270. The van der Waals surface area contributed by atoms with Gasteiger partial charge in [-0.15, -0.1) is 0 Å². The van der Waals surface area contributed by atoms with Gasteiger partial charge in [-0.2, -0.15) is 0 Å². The molecule has 1 atom stereocenters. The molecule has 1 heterocycles. The number of hydrogen-bond donors (Lipinski definition) is 0. The number of hydrogen-bond acceptors (Lipinski definition) is 7. The van der Waals surface area contributed by atoms with Crippen LogP contribution in [0.3, 0.4) is 0 Å². The van der Waals surface area contributed by atoms with Crippen LogP contribution < -0.4 is 10.3 Å². The maximum atomic E-state index is 14.0. The number of halogens is 1. The van der Waals surface area contributed by atoms with Crippen LogP contribution in [0.4, 0.5) is 0 Å². The summed E-state index contributed by atoms with van der Waals surface area (Å²) in [6, 6.07) is 19.3. The van der Waals surface area contributed by atoms with Crippen molar-refractivity contribution in [1.82, 2.24) is 4.57 Å². The molecule has 0 spiro atoms. The molecule has 1 aromatic heterocycles. The molecule has 8 nitrogen and oxygen atoms in total. The van der Waals surface area contributed by atoms with Crippen molar-refractivity contribution in [2.75, 3.05) is 14.2 Å². The van der Waals surface area contributed by atoms with Crippen LogP contribution in [0.25, 0.3) is 11.1 Å². The molecule has 3 aromatic carbocycles. The molecule has 0 bridgehead atoms. The Morgan fingerprint density at radius 1 is 0.848 bits per heavy atom. The zero-order valence-electron chi connectivity index (χ0n) is 25.9. The third-order valence-corrected chi connectivity index (χ3v) is 8.47. The Morgan fingerprint density at radius 3 is 2.09 bits per heavy atom. The number of methoxy groups -OCH3 is 2. The lowest BCUT2D eigenvalue weighted by atomic mass is 9.94. The van der Waals surface area contributed by atoms with Crippen LogP contribution in [0.5, 0.6) is 5.75 Å². The number of benzene rings is 3. The molecule has 0 N–H and O–H groups in total. The molecular weight excluding hydrogens is 606 g/mol. The summed E-state index contributed by atoms with van der Waals surface area (Å²) in [4.78, 5) is 64.4. The first-order valence-corrected chi connectivity index (χ1v) is 15.4. The van der Waals surface area contributed by atoms with Crippen molar-refractivity contribution >= 4 is 34.9 Å². The van der Waals surface area contributed by atoms with Gasteiger partial charge in [0.05, 0.1) is 32.0 Å². The Balaban J connectivity index is 1.51. The average molecular weight is 640 g/mol. The first kappa shape index (κ1) is 32.6. The molecule has 9 heteroatoms. The highest BCUT2D eigenvalue weighted by atomic mass is 35.5. The molecule has 236 valence electrons. The number of Topliss-reactive ketones (excluding diaryl/α,β-unsaturated/α-hetero) is 3. The molecule has 0 radical (unpaired) electrons. The molecule has 0 amide bonds. The third kappa shape index (κ3) is 7.51. The lowest BCUT2D eigenvalue weighted by Crippen LogP contribution is -2.32. The van der Waals surface area contributed by atoms with Crippen LogP contribution in [-0.2, 0) is 33.6 Å². The van der Waals surface area contributed by atoms with Crippen molar-refractivity contribution in [3.8, 4) is 16.9 Å². The molecule has 0 aliphatic heterocycles. The van der Waals surface area contributed by atoms with Crippen LogP contribution in [-0.4, -0.2) is 42.1 Å². The van der Waals surface area contributed by atoms with E-state index in [1.807, 2.05) is 24.3 Å². The van der Waals surface area contributed by atoms with Crippen molar-refractivity contribution in [3.63, 3.8) is 0 Å². The van der Waals surface area contributed by atoms with E-state index in [0.29, 0.717) is 45.0 Å². The first-order valence-electron chi connectivity index (χ1n) is 15.0. The summed E-state index contributed by atoms with van der Waals surface area (Å²) in [7, 11) is 2.75. The molecule has 1 fully saturated rings. The molecule has 4 aromatic rings. The maximum Gasteiger partial charge on any atom is 0.337 e. The molecule has 1 aliphatic rings. The molecule has 46 heavy (non-hydrogen) atoms. The van der Waals surface area contributed by atoms with E-state index in [9.17, 15) is 24.0 Å². The molecule has 1 unspecified atom stereocenters. The lowest BCUT2D eigenvalue weighted by Gasteiger charge is -2.22. The fourth-order valence-electron chi connectivity index (χ4n) is 5.52. The average Bonchev–Trinajstić information content (AvgIpc) is 3.90. The zero-order valence-corrected chi connectivity index (χ0v) is 26.6. The number of aromatic nitrogens is 1. The summed E-state index contributed by atoms with van der Waals surface area (Å²) >= 11 is 6.27. The molecule has 5 rings (SSSR count). The summed E-state index contributed by atoms with van der Waals surface area (Å²) < 4.78 is 11.8. The molecule has 1 aliphatic carbocycles. The summed E-state index contributed by atoms with van der Waals surface area (Å²) in [6.07, 6.45) is 3.98. The van der Waals surface area contributed by atoms with Gasteiger partial charge in [0.2, 0.25) is 0 Å². The first-order chi connectivity index (χ1) is 22.1. The van der Waals surface area contributed by atoms with Crippen LogP contribution in [0.2, 0.25) is 5.02 Å². The minimum absolute atomic E-state index is 0.000617. The number of pyridine rings is 1. The molecule has 1 saturated carbocycles. The zero-order chi connectivity index (χ0) is 33.0. The van der Waals surface area contributed by atoms with Gasteiger partial charge in [-0.1, -0.05) is 48.0 Å². The van der Waals surface area contributed by atoms with Crippen molar-refractivity contribution in [2.45, 2.75) is 45.1 Å². The highest BCUT2D eigenvalue weighted by Crippen LogP contribution is 2.34. The number of carbonyl (C=O) groups is 4. The monoisotopic (exact) mass is 639 g/mol. The van der Waals surface area contributed by atoms with Gasteiger partial charge in [-0.05, 0) is 72.4 Å². The van der Waals surface area contributed by atoms with Gasteiger partial charge in [-0.3, -0.25) is 19.2 Å². The van der Waals surface area contributed by atoms with Gasteiger partial charge in [0.1, 0.15) is 11.5 Å². The Kier molecular flexibility index (Phi) is 9.97. The van der Waals surface area contributed by atoms with E-state index in [-0.39, 0.29) is 36.1 Å². The number of ether oxygens (including phenoxy) is 2. The number of nitrogens with zero attached hydrogens (tertiary/aromatic N) is 1. The van der Waals surface area contributed by atoms with Gasteiger partial charge in [0.15, 0.2) is 11.6 Å². The number of rotatable bonds is 13. The fourth-order valence-corrected chi connectivity index (χ4v) is 5.69.